The molecule has 0 bridgehead atoms. The third kappa shape index (κ3) is 11.0. The highest BCUT2D eigenvalue weighted by molar-refractivity contribution is 6.33. The van der Waals surface area contributed by atoms with Gasteiger partial charge in [0.05, 0.1) is 38.7 Å². The number of alkyl halides is 3. The van der Waals surface area contributed by atoms with Gasteiger partial charge in [0, 0.05) is 50.5 Å². The summed E-state index contributed by atoms with van der Waals surface area (Å²) in [6.07, 6.45) is -4.62. The third-order valence-corrected chi connectivity index (χ3v) is 11.5. The fourth-order valence-electron chi connectivity index (χ4n) is 7.50. The van der Waals surface area contributed by atoms with Gasteiger partial charge in [-0.15, -0.1) is 0 Å². The van der Waals surface area contributed by atoms with Gasteiger partial charge in [0.2, 0.25) is 0 Å². The van der Waals surface area contributed by atoms with Crippen LogP contribution in [-0.2, 0) is 19.4 Å². The van der Waals surface area contributed by atoms with E-state index in [9.17, 15) is 50.5 Å². The van der Waals surface area contributed by atoms with E-state index in [4.69, 9.17) is 32.7 Å². The highest BCUT2D eigenvalue weighted by Crippen LogP contribution is 2.40. The van der Waals surface area contributed by atoms with Gasteiger partial charge in [0.15, 0.2) is 0 Å². The van der Waals surface area contributed by atoms with Gasteiger partial charge in [-0.25, -0.2) is 27.2 Å². The van der Waals surface area contributed by atoms with Gasteiger partial charge >= 0.3 is 18.1 Å². The van der Waals surface area contributed by atoms with E-state index < -0.39 is 46.9 Å². The lowest BCUT2D eigenvalue weighted by Crippen LogP contribution is -2.08. The Morgan fingerprint density at radius 2 is 1.14 bits per heavy atom. The van der Waals surface area contributed by atoms with E-state index >= 15 is 0 Å². The van der Waals surface area contributed by atoms with Crippen LogP contribution in [0.25, 0.3) is 33.9 Å². The number of nitrogens with zero attached hydrogens (tertiary/aromatic N) is 2. The molecule has 8 rings (SSSR count). The first-order valence-corrected chi connectivity index (χ1v) is 21.4. The summed E-state index contributed by atoms with van der Waals surface area (Å²) < 4.78 is 111. The summed E-state index contributed by atoms with van der Waals surface area (Å²) in [6, 6.07) is 30.8. The number of aromatic carboxylic acids is 2. The standard InChI is InChI=1S/C27H20F5NO3.C25H17Cl2F2NO3/c1-15-11-20(7-8-21(15)26(34)35)33-16(2)3-9-24(33)22-12-18(27(30,31)32)5-10-25(22)36-14-17-4-6-19(28)13-23(17)29;1-14-5-9-23(30(14)16-7-8-20(27)17(12-16)25(31)32)18-11-15(26)6-10-24(18)33-13-19-21(28)3-2-4-22(19)29/h3-13H,14H2,1-2H3,(H,34,35);2-12H,13H2,1H3,(H,31,32). The van der Waals surface area contributed by atoms with Crippen molar-refractivity contribution in [2.45, 2.75) is 40.2 Å². The average molecular weight is 990 g/mol. The van der Waals surface area contributed by atoms with Crippen LogP contribution in [0.4, 0.5) is 30.7 Å². The van der Waals surface area contributed by atoms with Crippen molar-refractivity contribution in [1.82, 2.24) is 9.13 Å². The largest absolute Gasteiger partial charge is 0.488 e. The number of benzene rings is 6. The van der Waals surface area contributed by atoms with E-state index in [0.29, 0.717) is 56.4 Å². The van der Waals surface area contributed by atoms with Gasteiger partial charge in [0.25, 0.3) is 0 Å². The van der Waals surface area contributed by atoms with Gasteiger partial charge in [-0.2, -0.15) is 13.2 Å². The molecule has 0 amide bonds. The number of aromatic nitrogens is 2. The van der Waals surface area contributed by atoms with E-state index in [1.54, 1.807) is 66.9 Å². The number of aryl methyl sites for hydroxylation is 3. The Labute approximate surface area is 399 Å². The number of carbonyl (C=O) groups is 2. The minimum atomic E-state index is -4.62. The van der Waals surface area contributed by atoms with E-state index in [0.717, 1.165) is 30.0 Å². The SMILES string of the molecule is Cc1cc(-n2c(C)ccc2-c2cc(C(F)(F)F)ccc2OCc2ccc(F)cc2F)ccc1C(=O)O.Cc1ccc(-c2cc(Cl)ccc2OCc2c(F)cccc2F)n1-c1ccc(Cl)c(C(=O)O)c1. The molecule has 0 spiro atoms. The Morgan fingerprint density at radius 1 is 0.580 bits per heavy atom. The van der Waals surface area contributed by atoms with Crippen molar-refractivity contribution in [2.24, 2.45) is 0 Å². The summed E-state index contributed by atoms with van der Waals surface area (Å²) in [5.74, 6) is -4.82. The molecule has 0 aliphatic carbocycles. The number of hydrogen-bond donors (Lipinski definition) is 2. The van der Waals surface area contributed by atoms with E-state index in [1.807, 2.05) is 23.6 Å². The predicted molar refractivity (Wildman–Crippen MR) is 247 cm³/mol. The van der Waals surface area contributed by atoms with Crippen LogP contribution in [0.1, 0.15) is 54.4 Å². The fourth-order valence-corrected chi connectivity index (χ4v) is 7.87. The summed E-state index contributed by atoms with van der Waals surface area (Å²) in [7, 11) is 0. The van der Waals surface area contributed by atoms with Gasteiger partial charge in [-0.05, 0) is 148 Å². The number of ether oxygens (including phenoxy) is 2. The van der Waals surface area contributed by atoms with Gasteiger partial charge in [-0.1, -0.05) is 29.3 Å². The van der Waals surface area contributed by atoms with Gasteiger partial charge < -0.3 is 28.8 Å². The number of hydrogen-bond acceptors (Lipinski definition) is 4. The second kappa shape index (κ2) is 20.4. The van der Waals surface area contributed by atoms with Gasteiger partial charge in [-0.3, -0.25) is 0 Å². The number of carboxylic acid groups (broad SMARTS) is 2. The molecule has 0 aliphatic rings. The van der Waals surface area contributed by atoms with Gasteiger partial charge in [0.1, 0.15) is 48.0 Å². The zero-order valence-corrected chi connectivity index (χ0v) is 38.0. The quantitative estimate of drug-likeness (QED) is 0.118. The van der Waals surface area contributed by atoms with Crippen molar-refractivity contribution < 1.29 is 60.0 Å². The molecular formula is C52H37Cl2F7N2O6. The lowest BCUT2D eigenvalue weighted by molar-refractivity contribution is -0.137. The van der Waals surface area contributed by atoms with E-state index in [2.05, 4.69) is 0 Å². The Balaban J connectivity index is 0.000000205. The molecule has 354 valence electrons. The van der Waals surface area contributed by atoms with Crippen molar-refractivity contribution in [3.8, 4) is 45.4 Å². The highest BCUT2D eigenvalue weighted by Gasteiger charge is 2.32. The van der Waals surface area contributed by atoms with Crippen molar-refractivity contribution in [3.05, 3.63) is 212 Å². The monoisotopic (exact) mass is 988 g/mol. The second-order valence-corrected chi connectivity index (χ2v) is 16.4. The molecule has 2 heterocycles. The van der Waals surface area contributed by atoms with Crippen LogP contribution in [-0.4, -0.2) is 31.3 Å². The Morgan fingerprint density at radius 3 is 1.72 bits per heavy atom. The minimum Gasteiger partial charge on any atom is -0.488 e. The maximum absolute atomic E-state index is 14.1. The highest BCUT2D eigenvalue weighted by atomic mass is 35.5. The number of rotatable bonds is 12. The maximum atomic E-state index is 14.1. The van der Waals surface area contributed by atoms with Crippen LogP contribution in [0.15, 0.2) is 133 Å². The Hall–Kier alpha value is -7.49. The summed E-state index contributed by atoms with van der Waals surface area (Å²) in [4.78, 5) is 23.0. The maximum Gasteiger partial charge on any atom is 0.416 e. The number of halogens is 9. The zero-order valence-electron chi connectivity index (χ0n) is 36.4. The molecule has 0 atom stereocenters. The normalized spacial score (nSPS) is 11.2. The Bertz CT molecular complexity index is 3240. The average Bonchev–Trinajstić information content (AvgIpc) is 3.87. The molecule has 2 N–H and O–H groups in total. The molecule has 0 aliphatic heterocycles. The second-order valence-electron chi connectivity index (χ2n) is 15.5. The first-order valence-electron chi connectivity index (χ1n) is 20.6. The topological polar surface area (TPSA) is 103 Å². The van der Waals surface area contributed by atoms with E-state index in [1.165, 1.54) is 42.5 Å². The smallest absolute Gasteiger partial charge is 0.416 e. The molecule has 0 unspecified atom stereocenters. The lowest BCUT2D eigenvalue weighted by atomic mass is 10.0. The van der Waals surface area contributed by atoms with Crippen LogP contribution >= 0.6 is 23.2 Å². The van der Waals surface area contributed by atoms with Crippen molar-refractivity contribution in [1.29, 1.82) is 0 Å². The number of carboxylic acids is 2. The molecule has 0 radical (unpaired) electrons. The fraction of sp³-hybridized carbons (Fsp3) is 0.115. The molecule has 2 aromatic heterocycles. The third-order valence-electron chi connectivity index (χ3n) is 10.9. The zero-order chi connectivity index (χ0) is 49.9. The first kappa shape index (κ1) is 49.4. The minimum absolute atomic E-state index is 0.0358. The predicted octanol–water partition coefficient (Wildman–Crippen LogP) is 14.7. The molecular weight excluding hydrogens is 952 g/mol. The summed E-state index contributed by atoms with van der Waals surface area (Å²) in [5.41, 5.74) is 3.78. The molecule has 6 aromatic carbocycles. The lowest BCUT2D eigenvalue weighted by Gasteiger charge is -2.18. The summed E-state index contributed by atoms with van der Waals surface area (Å²) >= 11 is 12.3. The molecule has 0 saturated heterocycles. The van der Waals surface area contributed by atoms with Crippen LogP contribution in [0, 0.1) is 44.0 Å². The summed E-state index contributed by atoms with van der Waals surface area (Å²) in [5, 5.41) is 19.3. The molecule has 0 saturated carbocycles. The molecule has 8 nitrogen and oxygen atoms in total. The van der Waals surface area contributed by atoms with Crippen molar-refractivity contribution in [2.75, 3.05) is 0 Å². The van der Waals surface area contributed by atoms with Crippen molar-refractivity contribution in [3.63, 3.8) is 0 Å². The molecule has 0 fully saturated rings. The molecule has 69 heavy (non-hydrogen) atoms. The van der Waals surface area contributed by atoms with Crippen LogP contribution in [0.5, 0.6) is 11.5 Å². The van der Waals surface area contributed by atoms with Crippen molar-refractivity contribution >= 4 is 35.1 Å². The van der Waals surface area contributed by atoms with E-state index in [-0.39, 0.29) is 51.8 Å². The summed E-state index contributed by atoms with van der Waals surface area (Å²) in [6.45, 7) is 4.58. The molecule has 8 aromatic rings. The molecule has 17 heteroatoms. The first-order chi connectivity index (χ1) is 32.7. The van der Waals surface area contributed by atoms with Crippen LogP contribution < -0.4 is 9.47 Å². The Kier molecular flexibility index (Phi) is 14.6. The van der Waals surface area contributed by atoms with Crippen LogP contribution in [0.2, 0.25) is 10.0 Å². The van der Waals surface area contributed by atoms with Crippen LogP contribution in [0.3, 0.4) is 0 Å².